The fourth-order valence-corrected chi connectivity index (χ4v) is 4.72. The predicted molar refractivity (Wildman–Crippen MR) is 128 cm³/mol. The van der Waals surface area contributed by atoms with Gasteiger partial charge in [-0.2, -0.15) is 4.37 Å². The maximum Gasteiger partial charge on any atom is 0.339 e. The summed E-state index contributed by atoms with van der Waals surface area (Å²) < 4.78 is 36.4. The zero-order valence-electron chi connectivity index (χ0n) is 19.5. The van der Waals surface area contributed by atoms with Gasteiger partial charge >= 0.3 is 13.6 Å². The van der Waals surface area contributed by atoms with E-state index in [0.717, 1.165) is 18.8 Å². The van der Waals surface area contributed by atoms with Gasteiger partial charge in [0.05, 0.1) is 25.1 Å². The van der Waals surface area contributed by atoms with Crippen molar-refractivity contribution in [3.8, 4) is 18.1 Å². The first-order valence-electron chi connectivity index (χ1n) is 10.6. The number of carbonyl (C=O) groups is 2. The number of rotatable bonds is 6. The number of nitrogens with zero attached hydrogens (tertiary/aromatic N) is 4. The topological polar surface area (TPSA) is 167 Å². The van der Waals surface area contributed by atoms with Crippen LogP contribution in [0.25, 0.3) is 0 Å². The van der Waals surface area contributed by atoms with Gasteiger partial charge in [-0.1, -0.05) is 19.8 Å². The summed E-state index contributed by atoms with van der Waals surface area (Å²) in [6.45, 7) is 4.61. The Balaban J connectivity index is 0.000000308. The monoisotopic (exact) mass is 541 g/mol. The van der Waals surface area contributed by atoms with Crippen LogP contribution in [-0.4, -0.2) is 61.7 Å². The minimum Gasteiger partial charge on any atom is -0.481 e. The number of halogens is 1. The van der Waals surface area contributed by atoms with Crippen LogP contribution < -0.4 is 19.8 Å². The van der Waals surface area contributed by atoms with Crippen molar-refractivity contribution in [1.29, 1.82) is 0 Å². The first kappa shape index (κ1) is 27.5. The molecular formula is C21H25FN5O7PS. The highest BCUT2D eigenvalue weighted by Gasteiger charge is 2.31. The normalized spacial score (nSPS) is 16.4. The third-order valence-corrected chi connectivity index (χ3v) is 6.44. The molecular weight excluding hydrogens is 516 g/mol. The number of carbonyl (C=O) groups excluding carboxylic acids is 1. The predicted octanol–water partition coefficient (Wildman–Crippen LogP) is 1.05. The summed E-state index contributed by atoms with van der Waals surface area (Å²) >= 11 is 1.24. The van der Waals surface area contributed by atoms with Crippen molar-refractivity contribution in [2.75, 3.05) is 30.9 Å². The maximum atomic E-state index is 14.5. The summed E-state index contributed by atoms with van der Waals surface area (Å²) in [4.78, 5) is 44.7. The Kier molecular flexibility index (Phi) is 8.33. The van der Waals surface area contributed by atoms with E-state index in [1.165, 1.54) is 28.6 Å². The summed E-state index contributed by atoms with van der Waals surface area (Å²) in [6, 6.07) is 2.76. The van der Waals surface area contributed by atoms with Crippen molar-refractivity contribution in [3.05, 3.63) is 28.6 Å². The van der Waals surface area contributed by atoms with E-state index >= 15 is 0 Å². The second kappa shape index (κ2) is 10.9. The van der Waals surface area contributed by atoms with Gasteiger partial charge in [0.1, 0.15) is 17.3 Å². The van der Waals surface area contributed by atoms with E-state index in [-0.39, 0.29) is 30.2 Å². The molecule has 3 heterocycles. The Morgan fingerprint density at radius 1 is 1.44 bits per heavy atom. The Labute approximate surface area is 209 Å². The average molecular weight is 541 g/mol. The third kappa shape index (κ3) is 6.99. The van der Waals surface area contributed by atoms with Crippen LogP contribution in [0.15, 0.2) is 17.1 Å². The largest absolute Gasteiger partial charge is 0.481 e. The van der Waals surface area contributed by atoms with E-state index in [2.05, 4.69) is 34.5 Å². The van der Waals surface area contributed by atoms with Gasteiger partial charge in [0, 0.05) is 30.6 Å². The molecule has 15 heteroatoms. The van der Waals surface area contributed by atoms with E-state index < -0.39 is 32.2 Å². The first-order valence-corrected chi connectivity index (χ1v) is 13.1. The molecule has 2 aliphatic heterocycles. The number of fused-ring (bicyclic) bond motifs is 2. The molecule has 12 nitrogen and oxygen atoms in total. The Morgan fingerprint density at radius 3 is 2.81 bits per heavy atom. The summed E-state index contributed by atoms with van der Waals surface area (Å²) in [5.74, 6) is 1.78. The number of ether oxygens (including phenoxy) is 1. The lowest BCUT2D eigenvalue weighted by Crippen LogP contribution is -2.39. The van der Waals surface area contributed by atoms with Crippen LogP contribution in [0, 0.1) is 23.6 Å². The van der Waals surface area contributed by atoms with Crippen LogP contribution in [0.2, 0.25) is 0 Å². The Bertz CT molecular complexity index is 1330. The highest BCUT2D eigenvalue weighted by atomic mass is 32.1. The molecule has 36 heavy (non-hydrogen) atoms. The van der Waals surface area contributed by atoms with Crippen LogP contribution in [0.4, 0.5) is 15.8 Å². The fourth-order valence-electron chi connectivity index (χ4n) is 3.55. The van der Waals surface area contributed by atoms with Crippen LogP contribution in [-0.2, 0) is 27.1 Å². The molecule has 0 spiro atoms. The quantitative estimate of drug-likeness (QED) is 0.309. The molecule has 0 saturated heterocycles. The number of aromatic nitrogens is 2. The molecule has 0 radical (unpaired) electrons. The molecule has 1 aromatic heterocycles. The number of terminal acetylenes is 1. The summed E-state index contributed by atoms with van der Waals surface area (Å²) in [7, 11) is -4.10. The van der Waals surface area contributed by atoms with Crippen molar-refractivity contribution < 1.29 is 38.2 Å². The number of benzene rings is 1. The second-order valence-corrected chi connectivity index (χ2v) is 11.2. The lowest BCUT2D eigenvalue weighted by Gasteiger charge is -2.28. The van der Waals surface area contributed by atoms with Crippen LogP contribution in [0.5, 0.6) is 5.75 Å². The summed E-state index contributed by atoms with van der Waals surface area (Å²) in [6.07, 6.45) is 5.62. The number of hydrogen-bond donors (Lipinski definition) is 4. The SMILES string of the molecule is C#CCN1C(=O)COc2cc(F)c(/N=c3\snc4n3CC(C)(C)C4)cc21.O=C(O)CNCP(=O)(O)O. The van der Waals surface area contributed by atoms with Crippen molar-refractivity contribution in [2.24, 2.45) is 10.4 Å². The molecule has 0 bridgehead atoms. The van der Waals surface area contributed by atoms with Gasteiger partial charge in [-0.05, 0) is 11.5 Å². The second-order valence-electron chi connectivity index (χ2n) is 8.81. The lowest BCUT2D eigenvalue weighted by molar-refractivity contribution is -0.135. The molecule has 194 valence electrons. The van der Waals surface area contributed by atoms with Gasteiger partial charge in [-0.25, -0.2) is 9.38 Å². The Morgan fingerprint density at radius 2 is 2.17 bits per heavy atom. The molecule has 4 rings (SSSR count). The molecule has 0 saturated carbocycles. The number of carboxylic acids is 1. The minimum atomic E-state index is -4.10. The molecule has 1 amide bonds. The molecule has 0 fully saturated rings. The fraction of sp³-hybridized carbons (Fsp3) is 0.429. The molecule has 1 aromatic carbocycles. The highest BCUT2D eigenvalue weighted by Crippen LogP contribution is 2.37. The first-order chi connectivity index (χ1) is 16.8. The van der Waals surface area contributed by atoms with E-state index in [9.17, 15) is 18.5 Å². The number of carboxylic acid groups (broad SMARTS) is 1. The van der Waals surface area contributed by atoms with Crippen molar-refractivity contribution in [1.82, 2.24) is 14.3 Å². The van der Waals surface area contributed by atoms with Crippen LogP contribution >= 0.6 is 19.1 Å². The van der Waals surface area contributed by atoms with Crippen molar-refractivity contribution in [2.45, 2.75) is 26.8 Å². The lowest BCUT2D eigenvalue weighted by atomic mass is 9.92. The molecule has 0 aliphatic carbocycles. The zero-order valence-corrected chi connectivity index (χ0v) is 21.2. The van der Waals surface area contributed by atoms with Gasteiger partial charge in [0.15, 0.2) is 12.4 Å². The van der Waals surface area contributed by atoms with E-state index in [0.29, 0.717) is 16.2 Å². The minimum absolute atomic E-state index is 0.0964. The van der Waals surface area contributed by atoms with Gasteiger partial charge in [-0.15, -0.1) is 6.42 Å². The number of anilines is 1. The van der Waals surface area contributed by atoms with Crippen LogP contribution in [0.3, 0.4) is 0 Å². The van der Waals surface area contributed by atoms with E-state index in [1.54, 1.807) is 0 Å². The van der Waals surface area contributed by atoms with E-state index in [1.807, 2.05) is 4.57 Å². The van der Waals surface area contributed by atoms with Crippen molar-refractivity contribution >= 4 is 42.4 Å². The zero-order chi connectivity index (χ0) is 26.7. The van der Waals surface area contributed by atoms with Crippen LogP contribution in [0.1, 0.15) is 19.7 Å². The molecule has 2 aromatic rings. The summed E-state index contributed by atoms with van der Waals surface area (Å²) in [5, 5.41) is 10.1. The number of amides is 1. The smallest absolute Gasteiger partial charge is 0.339 e. The van der Waals surface area contributed by atoms with Gasteiger partial charge in [0.2, 0.25) is 4.80 Å². The number of nitrogens with one attached hydrogen (secondary N) is 1. The standard InChI is InChI=1S/C18H17FN4O2S.C3H8NO5P/c1-4-5-22-13-7-12(11(19)6-14(13)25-9-16(22)24)20-17-23-10-18(2,3)8-15(23)21-26-17;5-3(6)1-4-2-10(7,8)9/h1,6-7H,5,8-10H2,2-3H3;4H,1-2H2,(H,5,6)(H2,7,8,9)/b20-17-;. The van der Waals surface area contributed by atoms with Gasteiger partial charge < -0.3 is 24.2 Å². The molecule has 4 N–H and O–H groups in total. The summed E-state index contributed by atoms with van der Waals surface area (Å²) in [5.41, 5.74) is 0.678. The maximum absolute atomic E-state index is 14.5. The average Bonchev–Trinajstić information content (AvgIpc) is 3.26. The molecule has 0 unspecified atom stereocenters. The number of aliphatic carboxylic acids is 1. The Hall–Kier alpha value is -3.08. The molecule has 0 atom stereocenters. The van der Waals surface area contributed by atoms with Gasteiger partial charge in [0.25, 0.3) is 5.91 Å². The van der Waals surface area contributed by atoms with E-state index in [4.69, 9.17) is 26.1 Å². The number of hydrogen-bond acceptors (Lipinski definition) is 8. The third-order valence-electron chi connectivity index (χ3n) is 5.03. The van der Waals surface area contributed by atoms with Crippen molar-refractivity contribution in [3.63, 3.8) is 0 Å². The van der Waals surface area contributed by atoms with Gasteiger partial charge in [-0.3, -0.25) is 24.4 Å². The molecule has 2 aliphatic rings. The highest BCUT2D eigenvalue weighted by molar-refractivity contribution is 7.51.